The molecule has 128 valence electrons. The summed E-state index contributed by atoms with van der Waals surface area (Å²) >= 11 is 1.83. The Labute approximate surface area is 156 Å². The van der Waals surface area contributed by atoms with E-state index in [0.29, 0.717) is 0 Å². The van der Waals surface area contributed by atoms with Gasteiger partial charge in [-0.15, -0.1) is 11.3 Å². The predicted octanol–water partition coefficient (Wildman–Crippen LogP) is 4.91. The van der Waals surface area contributed by atoms with Crippen LogP contribution in [0.15, 0.2) is 54.9 Å². The molecule has 1 aliphatic rings. The molecule has 0 radical (unpaired) electrons. The van der Waals surface area contributed by atoms with Crippen LogP contribution < -0.4 is 5.32 Å². The number of benzene rings is 1. The second-order valence-electron chi connectivity index (χ2n) is 6.55. The lowest BCUT2D eigenvalue weighted by Gasteiger charge is -2.10. The van der Waals surface area contributed by atoms with Crippen molar-refractivity contribution in [1.29, 1.82) is 0 Å². The molecule has 5 heteroatoms. The molecule has 0 bridgehead atoms. The largest absolute Gasteiger partial charge is 0.339 e. The number of hydrogen-bond donors (Lipinski definition) is 1. The summed E-state index contributed by atoms with van der Waals surface area (Å²) in [6.07, 6.45) is 7.86. The molecule has 0 saturated carbocycles. The third-order valence-electron chi connectivity index (χ3n) is 4.76. The number of hydrogen-bond acceptors (Lipinski definition) is 5. The number of fused-ring (bicyclic) bond motifs is 3. The van der Waals surface area contributed by atoms with Gasteiger partial charge in [0, 0.05) is 29.4 Å². The van der Waals surface area contributed by atoms with Crippen molar-refractivity contribution >= 4 is 33.1 Å². The molecule has 3 heterocycles. The normalized spacial score (nSPS) is 13.1. The lowest BCUT2D eigenvalue weighted by molar-refractivity contribution is 0.916. The summed E-state index contributed by atoms with van der Waals surface area (Å²) in [4.78, 5) is 16.5. The Bertz CT molecular complexity index is 1060. The molecule has 1 aromatic carbocycles. The Hall–Kier alpha value is -2.79. The monoisotopic (exact) mass is 358 g/mol. The van der Waals surface area contributed by atoms with Crippen LogP contribution in [0, 0.1) is 0 Å². The van der Waals surface area contributed by atoms with Gasteiger partial charge in [0.25, 0.3) is 0 Å². The van der Waals surface area contributed by atoms with Crippen molar-refractivity contribution in [3.05, 3.63) is 76.7 Å². The van der Waals surface area contributed by atoms with E-state index >= 15 is 0 Å². The number of nitrogens with one attached hydrogen (secondary N) is 1. The van der Waals surface area contributed by atoms with Crippen LogP contribution in [0.1, 0.15) is 28.2 Å². The van der Waals surface area contributed by atoms with E-state index < -0.39 is 0 Å². The fourth-order valence-corrected chi connectivity index (χ4v) is 4.84. The number of rotatable bonds is 4. The van der Waals surface area contributed by atoms with Crippen molar-refractivity contribution in [2.75, 3.05) is 5.32 Å². The minimum atomic E-state index is 0.740. The van der Waals surface area contributed by atoms with Crippen LogP contribution in [0.25, 0.3) is 10.2 Å². The zero-order valence-corrected chi connectivity index (χ0v) is 15.1. The quantitative estimate of drug-likeness (QED) is 0.563. The molecular weight excluding hydrogens is 340 g/mol. The van der Waals surface area contributed by atoms with Gasteiger partial charge in [0.2, 0.25) is 0 Å². The minimum Gasteiger partial charge on any atom is -0.339 e. The number of anilines is 2. The summed E-state index contributed by atoms with van der Waals surface area (Å²) in [6, 6.07) is 14.3. The molecule has 0 spiro atoms. The van der Waals surface area contributed by atoms with Gasteiger partial charge in [0.05, 0.1) is 5.39 Å². The molecule has 0 amide bonds. The SMILES string of the molecule is c1ccc(Cc2nc(Nc3ccncc3)c3c4c(sc3n2)CCC4)cc1. The van der Waals surface area contributed by atoms with Gasteiger partial charge < -0.3 is 5.32 Å². The van der Waals surface area contributed by atoms with Gasteiger partial charge >= 0.3 is 0 Å². The van der Waals surface area contributed by atoms with Crippen LogP contribution in [0.2, 0.25) is 0 Å². The maximum absolute atomic E-state index is 4.91. The summed E-state index contributed by atoms with van der Waals surface area (Å²) in [5.74, 6) is 1.78. The molecular formula is C21H18N4S. The Morgan fingerprint density at radius 2 is 1.81 bits per heavy atom. The van der Waals surface area contributed by atoms with Crippen LogP contribution in [0.4, 0.5) is 11.5 Å². The molecule has 0 saturated heterocycles. The van der Waals surface area contributed by atoms with E-state index in [4.69, 9.17) is 9.97 Å². The van der Waals surface area contributed by atoms with E-state index in [2.05, 4.69) is 34.6 Å². The molecule has 4 aromatic rings. The van der Waals surface area contributed by atoms with E-state index in [1.807, 2.05) is 29.5 Å². The van der Waals surface area contributed by atoms with Gasteiger partial charge in [-0.1, -0.05) is 30.3 Å². The Balaban J connectivity index is 1.62. The fraction of sp³-hybridized carbons (Fsp3) is 0.190. The molecule has 5 rings (SSSR count). The van der Waals surface area contributed by atoms with Crippen LogP contribution in [-0.2, 0) is 19.3 Å². The molecule has 4 nitrogen and oxygen atoms in total. The van der Waals surface area contributed by atoms with E-state index in [1.165, 1.54) is 34.2 Å². The Kier molecular flexibility index (Phi) is 3.87. The lowest BCUT2D eigenvalue weighted by atomic mass is 10.1. The molecule has 0 fully saturated rings. The van der Waals surface area contributed by atoms with E-state index in [9.17, 15) is 0 Å². The predicted molar refractivity (Wildman–Crippen MR) is 106 cm³/mol. The fourth-order valence-electron chi connectivity index (χ4n) is 3.56. The molecule has 0 atom stereocenters. The van der Waals surface area contributed by atoms with Gasteiger partial charge in [-0.2, -0.15) is 0 Å². The van der Waals surface area contributed by atoms with Crippen LogP contribution in [0.5, 0.6) is 0 Å². The van der Waals surface area contributed by atoms with Crippen molar-refractivity contribution in [3.63, 3.8) is 0 Å². The van der Waals surface area contributed by atoms with Crippen molar-refractivity contribution in [1.82, 2.24) is 15.0 Å². The number of aromatic nitrogens is 3. The zero-order valence-electron chi connectivity index (χ0n) is 14.3. The number of thiophene rings is 1. The first-order valence-electron chi connectivity index (χ1n) is 8.89. The first-order valence-corrected chi connectivity index (χ1v) is 9.70. The third-order valence-corrected chi connectivity index (χ3v) is 5.94. The smallest absolute Gasteiger partial charge is 0.143 e. The second kappa shape index (κ2) is 6.50. The Morgan fingerprint density at radius 1 is 0.962 bits per heavy atom. The van der Waals surface area contributed by atoms with E-state index in [1.54, 1.807) is 12.4 Å². The van der Waals surface area contributed by atoms with Gasteiger partial charge in [-0.05, 0) is 42.5 Å². The average Bonchev–Trinajstić information content (AvgIpc) is 3.24. The maximum Gasteiger partial charge on any atom is 0.143 e. The summed E-state index contributed by atoms with van der Waals surface area (Å²) in [5.41, 5.74) is 3.67. The molecule has 1 N–H and O–H groups in total. The summed E-state index contributed by atoms with van der Waals surface area (Å²) in [6.45, 7) is 0. The number of nitrogens with zero attached hydrogens (tertiary/aromatic N) is 3. The minimum absolute atomic E-state index is 0.740. The summed E-state index contributed by atoms with van der Waals surface area (Å²) in [5, 5.41) is 4.71. The first-order chi connectivity index (χ1) is 12.9. The highest BCUT2D eigenvalue weighted by atomic mass is 32.1. The van der Waals surface area contributed by atoms with Crippen molar-refractivity contribution in [2.24, 2.45) is 0 Å². The highest BCUT2D eigenvalue weighted by molar-refractivity contribution is 7.19. The lowest BCUT2D eigenvalue weighted by Crippen LogP contribution is -2.02. The van der Waals surface area contributed by atoms with Crippen molar-refractivity contribution < 1.29 is 0 Å². The molecule has 3 aromatic heterocycles. The average molecular weight is 358 g/mol. The van der Waals surface area contributed by atoms with E-state index in [-0.39, 0.29) is 0 Å². The third kappa shape index (κ3) is 2.84. The van der Waals surface area contributed by atoms with Gasteiger partial charge in [-0.3, -0.25) is 4.98 Å². The second-order valence-corrected chi connectivity index (χ2v) is 7.63. The highest BCUT2D eigenvalue weighted by Crippen LogP contribution is 2.40. The van der Waals surface area contributed by atoms with Gasteiger partial charge in [0.15, 0.2) is 0 Å². The molecule has 0 aliphatic heterocycles. The van der Waals surface area contributed by atoms with Crippen LogP contribution in [-0.4, -0.2) is 15.0 Å². The standard InChI is InChI=1S/C21H18N4S/c1-2-5-14(6-3-1)13-18-24-20(23-15-9-11-22-12-10-15)19-16-7-4-8-17(16)26-21(19)25-18/h1-3,5-6,9-12H,4,7-8,13H2,(H,22,23,24,25). The number of pyridine rings is 1. The summed E-state index contributed by atoms with van der Waals surface area (Å²) in [7, 11) is 0. The topological polar surface area (TPSA) is 50.7 Å². The number of aryl methyl sites for hydroxylation is 2. The van der Waals surface area contributed by atoms with Crippen molar-refractivity contribution in [2.45, 2.75) is 25.7 Å². The van der Waals surface area contributed by atoms with Gasteiger partial charge in [-0.25, -0.2) is 9.97 Å². The highest BCUT2D eigenvalue weighted by Gasteiger charge is 2.22. The first kappa shape index (κ1) is 15.5. The van der Waals surface area contributed by atoms with Gasteiger partial charge in [0.1, 0.15) is 16.5 Å². The molecule has 1 aliphatic carbocycles. The maximum atomic E-state index is 4.91. The van der Waals surface area contributed by atoms with Crippen molar-refractivity contribution in [3.8, 4) is 0 Å². The van der Waals surface area contributed by atoms with Crippen LogP contribution in [0.3, 0.4) is 0 Å². The summed E-state index contributed by atoms with van der Waals surface area (Å²) < 4.78 is 0. The zero-order chi connectivity index (χ0) is 17.3. The molecule has 0 unspecified atom stereocenters. The molecule has 26 heavy (non-hydrogen) atoms. The van der Waals surface area contributed by atoms with E-state index in [0.717, 1.165) is 35.0 Å². The van der Waals surface area contributed by atoms with Crippen LogP contribution >= 0.6 is 11.3 Å². The Morgan fingerprint density at radius 3 is 2.65 bits per heavy atom.